The predicted molar refractivity (Wildman–Crippen MR) is 96.0 cm³/mol. The highest BCUT2D eigenvalue weighted by Crippen LogP contribution is 2.26. The van der Waals surface area contributed by atoms with Gasteiger partial charge in [-0.1, -0.05) is 0 Å². The van der Waals surface area contributed by atoms with Crippen LogP contribution in [0.25, 0.3) is 0 Å². The third-order valence-corrected chi connectivity index (χ3v) is 4.66. The highest BCUT2D eigenvalue weighted by molar-refractivity contribution is 5.78. The molecule has 0 saturated heterocycles. The van der Waals surface area contributed by atoms with E-state index in [1.807, 2.05) is 38.7 Å². The zero-order valence-electron chi connectivity index (χ0n) is 15.8. The van der Waals surface area contributed by atoms with E-state index in [1.54, 1.807) is 0 Å². The van der Waals surface area contributed by atoms with Gasteiger partial charge in [0.15, 0.2) is 0 Å². The molecule has 1 amide bonds. The van der Waals surface area contributed by atoms with Gasteiger partial charge in [0.1, 0.15) is 5.82 Å². The molecule has 0 bridgehead atoms. The summed E-state index contributed by atoms with van der Waals surface area (Å²) >= 11 is 0. The molecule has 0 saturated carbocycles. The Bertz CT molecular complexity index is 760. The van der Waals surface area contributed by atoms with Gasteiger partial charge >= 0.3 is 0 Å². The van der Waals surface area contributed by atoms with Crippen molar-refractivity contribution < 1.29 is 4.79 Å². The van der Waals surface area contributed by atoms with E-state index in [2.05, 4.69) is 32.9 Å². The topological polar surface area (TPSA) is 68.0 Å². The Hall–Kier alpha value is -2.15. The average molecular weight is 344 g/mol. The van der Waals surface area contributed by atoms with Crippen LogP contribution < -0.4 is 5.32 Å². The maximum absolute atomic E-state index is 12.0. The van der Waals surface area contributed by atoms with Crippen LogP contribution in [-0.2, 0) is 31.4 Å². The van der Waals surface area contributed by atoms with Crippen LogP contribution in [0.5, 0.6) is 0 Å². The zero-order valence-corrected chi connectivity index (χ0v) is 15.8. The number of aromatic nitrogens is 4. The van der Waals surface area contributed by atoms with Crippen molar-refractivity contribution in [3.63, 3.8) is 0 Å². The maximum Gasteiger partial charge on any atom is 0.226 e. The summed E-state index contributed by atoms with van der Waals surface area (Å²) < 4.78 is 4.14. The standard InChI is InChI=1S/C18H28N6O/c1-12(2)19-17(25)9-15-10-24-7-6-23(14(4)18(24)20-15)11-16-8-13(3)21-22(16)5/h8,10,12,14H,6-7,9,11H2,1-5H3,(H,19,25)/t14-/m1/s1. The third kappa shape index (κ3) is 3.92. The van der Waals surface area contributed by atoms with Crippen molar-refractivity contribution in [2.45, 2.75) is 59.3 Å². The van der Waals surface area contributed by atoms with Crippen molar-refractivity contribution in [3.8, 4) is 0 Å². The number of nitrogens with one attached hydrogen (secondary N) is 1. The van der Waals surface area contributed by atoms with Gasteiger partial charge in [0.2, 0.25) is 5.91 Å². The number of imidazole rings is 1. The lowest BCUT2D eigenvalue weighted by atomic mass is 10.2. The summed E-state index contributed by atoms with van der Waals surface area (Å²) in [6.45, 7) is 10.9. The summed E-state index contributed by atoms with van der Waals surface area (Å²) in [5, 5.41) is 7.36. The van der Waals surface area contributed by atoms with Crippen LogP contribution in [0, 0.1) is 6.92 Å². The number of fused-ring (bicyclic) bond motifs is 1. The van der Waals surface area contributed by atoms with Crippen LogP contribution >= 0.6 is 0 Å². The van der Waals surface area contributed by atoms with Crippen molar-refractivity contribution >= 4 is 5.91 Å². The summed E-state index contributed by atoms with van der Waals surface area (Å²) in [7, 11) is 1.99. The average Bonchev–Trinajstić information content (AvgIpc) is 3.04. The molecule has 2 aromatic heterocycles. The number of aryl methyl sites for hydroxylation is 2. The second kappa shape index (κ2) is 7.00. The first-order valence-electron chi connectivity index (χ1n) is 8.92. The van der Waals surface area contributed by atoms with Gasteiger partial charge in [0.25, 0.3) is 0 Å². The zero-order chi connectivity index (χ0) is 18.1. The monoisotopic (exact) mass is 344 g/mol. The highest BCUT2D eigenvalue weighted by Gasteiger charge is 2.27. The Labute approximate surface area is 149 Å². The molecule has 3 heterocycles. The maximum atomic E-state index is 12.0. The van der Waals surface area contributed by atoms with E-state index in [1.165, 1.54) is 5.69 Å². The molecule has 0 unspecified atom stereocenters. The molecule has 2 aromatic rings. The van der Waals surface area contributed by atoms with Gasteiger partial charge in [-0.2, -0.15) is 5.10 Å². The number of hydrogen-bond acceptors (Lipinski definition) is 4. The van der Waals surface area contributed by atoms with E-state index in [-0.39, 0.29) is 18.0 Å². The van der Waals surface area contributed by atoms with Gasteiger partial charge in [-0.05, 0) is 33.8 Å². The fourth-order valence-corrected chi connectivity index (χ4v) is 3.45. The molecule has 136 valence electrons. The lowest BCUT2D eigenvalue weighted by Gasteiger charge is -2.33. The van der Waals surface area contributed by atoms with Crippen LogP contribution in [0.1, 0.15) is 49.7 Å². The smallest absolute Gasteiger partial charge is 0.226 e. The van der Waals surface area contributed by atoms with Gasteiger partial charge < -0.3 is 9.88 Å². The number of amides is 1. The van der Waals surface area contributed by atoms with Crippen molar-refractivity contribution in [3.05, 3.63) is 35.2 Å². The normalized spacial score (nSPS) is 17.8. The van der Waals surface area contributed by atoms with Crippen molar-refractivity contribution in [2.24, 2.45) is 7.05 Å². The summed E-state index contributed by atoms with van der Waals surface area (Å²) in [6, 6.07) is 2.50. The molecule has 1 aliphatic heterocycles. The summed E-state index contributed by atoms with van der Waals surface area (Å²) in [6.07, 6.45) is 2.36. The molecule has 7 nitrogen and oxygen atoms in total. The number of nitrogens with zero attached hydrogens (tertiary/aromatic N) is 5. The molecule has 1 atom stereocenters. The van der Waals surface area contributed by atoms with Gasteiger partial charge in [-0.25, -0.2) is 4.98 Å². The minimum atomic E-state index is 0.0281. The van der Waals surface area contributed by atoms with Crippen molar-refractivity contribution in [1.29, 1.82) is 0 Å². The second-order valence-electron chi connectivity index (χ2n) is 7.23. The largest absolute Gasteiger partial charge is 0.354 e. The Morgan fingerprint density at radius 3 is 2.80 bits per heavy atom. The van der Waals surface area contributed by atoms with Crippen LogP contribution in [0.3, 0.4) is 0 Å². The van der Waals surface area contributed by atoms with Gasteiger partial charge in [0, 0.05) is 38.9 Å². The van der Waals surface area contributed by atoms with Crippen LogP contribution in [-0.4, -0.2) is 42.7 Å². The summed E-state index contributed by atoms with van der Waals surface area (Å²) in [4.78, 5) is 19.1. The molecule has 25 heavy (non-hydrogen) atoms. The lowest BCUT2D eigenvalue weighted by molar-refractivity contribution is -0.120. The first-order valence-corrected chi connectivity index (χ1v) is 8.92. The predicted octanol–water partition coefficient (Wildman–Crippen LogP) is 1.57. The molecule has 0 fully saturated rings. The number of hydrogen-bond donors (Lipinski definition) is 1. The van der Waals surface area contributed by atoms with Crippen LogP contribution in [0.4, 0.5) is 0 Å². The van der Waals surface area contributed by atoms with Crippen molar-refractivity contribution in [2.75, 3.05) is 6.54 Å². The Kier molecular flexibility index (Phi) is 4.94. The van der Waals surface area contributed by atoms with E-state index >= 15 is 0 Å². The molecule has 0 spiro atoms. The first kappa shape index (κ1) is 17.7. The summed E-state index contributed by atoms with van der Waals surface area (Å²) in [5.41, 5.74) is 3.10. The van der Waals surface area contributed by atoms with E-state index in [0.29, 0.717) is 6.42 Å². The van der Waals surface area contributed by atoms with Gasteiger partial charge in [0.05, 0.1) is 29.5 Å². The minimum absolute atomic E-state index is 0.0281. The van der Waals surface area contributed by atoms with E-state index in [0.717, 1.165) is 36.8 Å². The lowest BCUT2D eigenvalue weighted by Crippen LogP contribution is -2.36. The molecular formula is C18H28N6O. The van der Waals surface area contributed by atoms with E-state index in [9.17, 15) is 4.79 Å². The first-order chi connectivity index (χ1) is 11.8. The molecule has 0 aliphatic carbocycles. The molecule has 0 aromatic carbocycles. The van der Waals surface area contributed by atoms with E-state index in [4.69, 9.17) is 4.98 Å². The number of carbonyl (C=O) groups is 1. The van der Waals surface area contributed by atoms with Gasteiger partial charge in [-0.15, -0.1) is 0 Å². The van der Waals surface area contributed by atoms with Crippen molar-refractivity contribution in [1.82, 2.24) is 29.5 Å². The number of rotatable bonds is 5. The molecule has 3 rings (SSSR count). The van der Waals surface area contributed by atoms with E-state index < -0.39 is 0 Å². The second-order valence-corrected chi connectivity index (χ2v) is 7.23. The third-order valence-electron chi connectivity index (χ3n) is 4.66. The van der Waals surface area contributed by atoms with Gasteiger partial charge in [-0.3, -0.25) is 14.4 Å². The molecular weight excluding hydrogens is 316 g/mol. The minimum Gasteiger partial charge on any atom is -0.354 e. The molecule has 7 heteroatoms. The fraction of sp³-hybridized carbons (Fsp3) is 0.611. The molecule has 1 N–H and O–H groups in total. The Balaban J connectivity index is 1.71. The van der Waals surface area contributed by atoms with Crippen LogP contribution in [0.15, 0.2) is 12.3 Å². The summed E-state index contributed by atoms with van der Waals surface area (Å²) in [5.74, 6) is 1.07. The SMILES string of the molecule is Cc1cc(CN2CCn3cc(CC(=O)NC(C)C)nc3[C@H]2C)n(C)n1. The fourth-order valence-electron chi connectivity index (χ4n) is 3.45. The number of carbonyl (C=O) groups excluding carboxylic acids is 1. The quantitative estimate of drug-likeness (QED) is 0.894. The highest BCUT2D eigenvalue weighted by atomic mass is 16.1. The Morgan fingerprint density at radius 2 is 2.16 bits per heavy atom. The molecule has 0 radical (unpaired) electrons. The Morgan fingerprint density at radius 1 is 1.40 bits per heavy atom. The van der Waals surface area contributed by atoms with Crippen LogP contribution in [0.2, 0.25) is 0 Å². The molecule has 1 aliphatic rings.